The van der Waals surface area contributed by atoms with Gasteiger partial charge in [0.15, 0.2) is 10.9 Å². The summed E-state index contributed by atoms with van der Waals surface area (Å²) in [7, 11) is 0. The smallest absolute Gasteiger partial charge is 0.208 e. The summed E-state index contributed by atoms with van der Waals surface area (Å²) >= 11 is 7.90. The lowest BCUT2D eigenvalue weighted by Crippen LogP contribution is -2.09. The van der Waals surface area contributed by atoms with Gasteiger partial charge in [0, 0.05) is 12.3 Å². The topological polar surface area (TPSA) is 43.9 Å². The van der Waals surface area contributed by atoms with E-state index in [2.05, 4.69) is 4.98 Å². The third-order valence-electron chi connectivity index (χ3n) is 3.69. The van der Waals surface area contributed by atoms with E-state index < -0.39 is 0 Å². The monoisotopic (exact) mass is 319 g/mol. The van der Waals surface area contributed by atoms with Crippen LogP contribution in [0.3, 0.4) is 0 Å². The average Bonchev–Trinajstić information content (AvgIpc) is 3.11. The summed E-state index contributed by atoms with van der Waals surface area (Å²) in [4.78, 5) is 9.27. The average molecular weight is 320 g/mol. The van der Waals surface area contributed by atoms with Crippen LogP contribution in [0.15, 0.2) is 34.9 Å². The van der Waals surface area contributed by atoms with Crippen LogP contribution >= 0.6 is 23.4 Å². The van der Waals surface area contributed by atoms with Gasteiger partial charge < -0.3 is 4.42 Å². The van der Waals surface area contributed by atoms with Crippen LogP contribution in [-0.2, 0) is 0 Å². The van der Waals surface area contributed by atoms with Crippen LogP contribution in [0.2, 0.25) is 5.22 Å². The third-order valence-corrected chi connectivity index (χ3v) is 5.27. The number of furan rings is 1. The summed E-state index contributed by atoms with van der Waals surface area (Å²) in [6.45, 7) is 0. The van der Waals surface area contributed by atoms with Crippen LogP contribution in [-0.4, -0.2) is 20.3 Å². The van der Waals surface area contributed by atoms with Crippen LogP contribution in [0.4, 0.5) is 0 Å². The number of imidazole rings is 1. The number of hydrogen-bond acceptors (Lipinski definition) is 4. The summed E-state index contributed by atoms with van der Waals surface area (Å²) in [5.74, 6) is 2.88. The van der Waals surface area contributed by atoms with Crippen molar-refractivity contribution < 1.29 is 4.42 Å². The first-order valence-corrected chi connectivity index (χ1v) is 8.46. The molecule has 6 heteroatoms. The number of halogens is 1. The maximum atomic E-state index is 5.94. The number of nitrogens with zero attached hydrogens (tertiary/aromatic N) is 3. The van der Waals surface area contributed by atoms with E-state index in [9.17, 15) is 0 Å². The SMILES string of the molecule is Clc1ccc(-n2c(C3CCCCS3)nc3cccnc32)o1. The fourth-order valence-electron chi connectivity index (χ4n) is 2.73. The van der Waals surface area contributed by atoms with Gasteiger partial charge in [-0.1, -0.05) is 6.42 Å². The normalized spacial score (nSPS) is 19.2. The van der Waals surface area contributed by atoms with Crippen molar-refractivity contribution in [2.75, 3.05) is 5.75 Å². The molecule has 4 nitrogen and oxygen atoms in total. The molecule has 0 N–H and O–H groups in total. The van der Waals surface area contributed by atoms with Crippen molar-refractivity contribution in [3.05, 3.63) is 41.5 Å². The van der Waals surface area contributed by atoms with Gasteiger partial charge in [0.25, 0.3) is 0 Å². The van der Waals surface area contributed by atoms with Crippen molar-refractivity contribution in [3.8, 4) is 5.88 Å². The molecular formula is C15H14ClN3OS. The Morgan fingerprint density at radius 2 is 2.24 bits per heavy atom. The first-order valence-electron chi connectivity index (χ1n) is 7.03. The first-order chi connectivity index (χ1) is 10.3. The van der Waals surface area contributed by atoms with E-state index >= 15 is 0 Å². The van der Waals surface area contributed by atoms with Gasteiger partial charge >= 0.3 is 0 Å². The molecule has 0 amide bonds. The van der Waals surface area contributed by atoms with E-state index in [-0.39, 0.29) is 0 Å². The molecule has 0 aromatic carbocycles. The summed E-state index contributed by atoms with van der Waals surface area (Å²) in [5.41, 5.74) is 1.72. The number of fused-ring (bicyclic) bond motifs is 1. The maximum Gasteiger partial charge on any atom is 0.208 e. The number of pyridine rings is 1. The van der Waals surface area contributed by atoms with Gasteiger partial charge in [-0.25, -0.2) is 14.5 Å². The van der Waals surface area contributed by atoms with Crippen LogP contribution in [0.1, 0.15) is 30.3 Å². The van der Waals surface area contributed by atoms with Crippen molar-refractivity contribution >= 4 is 34.5 Å². The Labute approximate surface area is 131 Å². The number of aromatic nitrogens is 3. The number of rotatable bonds is 2. The van der Waals surface area contributed by atoms with Gasteiger partial charge in [-0.3, -0.25) is 0 Å². The standard InChI is InChI=1S/C15H14ClN3OS/c16-12-6-7-13(20-12)19-14-10(4-3-8-17-14)18-15(19)11-5-1-2-9-21-11/h3-4,6-8,11H,1-2,5,9H2. The van der Waals surface area contributed by atoms with Gasteiger partial charge in [-0.15, -0.1) is 0 Å². The molecule has 4 heterocycles. The minimum absolute atomic E-state index is 0.380. The molecule has 0 bridgehead atoms. The lowest BCUT2D eigenvalue weighted by molar-refractivity contribution is 0.532. The molecule has 1 aliphatic heterocycles. The molecule has 21 heavy (non-hydrogen) atoms. The third kappa shape index (κ3) is 2.34. The molecule has 0 radical (unpaired) electrons. The predicted octanol–water partition coefficient (Wildman–Crippen LogP) is 4.63. The van der Waals surface area contributed by atoms with Gasteiger partial charge in [0.1, 0.15) is 11.3 Å². The van der Waals surface area contributed by atoms with E-state index in [1.165, 1.54) is 18.6 Å². The fraction of sp³-hybridized carbons (Fsp3) is 0.333. The summed E-state index contributed by atoms with van der Waals surface area (Å²) in [6.07, 6.45) is 5.45. The lowest BCUT2D eigenvalue weighted by Gasteiger charge is -2.21. The summed E-state index contributed by atoms with van der Waals surface area (Å²) < 4.78 is 7.61. The predicted molar refractivity (Wildman–Crippen MR) is 85.2 cm³/mol. The second-order valence-electron chi connectivity index (χ2n) is 5.08. The van der Waals surface area contributed by atoms with Crippen molar-refractivity contribution in [1.82, 2.24) is 14.5 Å². The van der Waals surface area contributed by atoms with Gasteiger partial charge in [0.2, 0.25) is 5.88 Å². The van der Waals surface area contributed by atoms with Crippen LogP contribution < -0.4 is 0 Å². The molecule has 1 atom stereocenters. The zero-order valence-electron chi connectivity index (χ0n) is 11.3. The molecule has 4 rings (SSSR count). The fourth-order valence-corrected chi connectivity index (χ4v) is 4.17. The Hall–Kier alpha value is -1.46. The Morgan fingerprint density at radius 3 is 3.00 bits per heavy atom. The maximum absolute atomic E-state index is 5.94. The molecule has 0 spiro atoms. The van der Waals surface area contributed by atoms with Crippen molar-refractivity contribution in [3.63, 3.8) is 0 Å². The molecule has 1 saturated heterocycles. The molecule has 1 unspecified atom stereocenters. The molecule has 3 aromatic heterocycles. The van der Waals surface area contributed by atoms with E-state index in [4.69, 9.17) is 21.0 Å². The van der Waals surface area contributed by atoms with E-state index in [0.29, 0.717) is 16.4 Å². The van der Waals surface area contributed by atoms with Gasteiger partial charge in [-0.05, 0) is 48.4 Å². The van der Waals surface area contributed by atoms with Crippen molar-refractivity contribution in [2.24, 2.45) is 0 Å². The highest BCUT2D eigenvalue weighted by molar-refractivity contribution is 7.99. The highest BCUT2D eigenvalue weighted by Crippen LogP contribution is 2.40. The minimum atomic E-state index is 0.380. The quantitative estimate of drug-likeness (QED) is 0.691. The Morgan fingerprint density at radius 1 is 1.29 bits per heavy atom. The number of thioether (sulfide) groups is 1. The largest absolute Gasteiger partial charge is 0.428 e. The molecular weight excluding hydrogens is 306 g/mol. The second-order valence-corrected chi connectivity index (χ2v) is 6.77. The van der Waals surface area contributed by atoms with E-state index in [1.807, 2.05) is 34.5 Å². The lowest BCUT2D eigenvalue weighted by atomic mass is 10.2. The zero-order chi connectivity index (χ0) is 14.2. The van der Waals surface area contributed by atoms with Crippen LogP contribution in [0.5, 0.6) is 0 Å². The van der Waals surface area contributed by atoms with Crippen LogP contribution in [0.25, 0.3) is 17.0 Å². The second kappa shape index (κ2) is 5.39. The van der Waals surface area contributed by atoms with Crippen molar-refractivity contribution in [1.29, 1.82) is 0 Å². The molecule has 108 valence electrons. The number of hydrogen-bond donors (Lipinski definition) is 0. The molecule has 1 aliphatic rings. The van der Waals surface area contributed by atoms with Crippen LogP contribution in [0, 0.1) is 0 Å². The molecule has 0 saturated carbocycles. The van der Waals surface area contributed by atoms with E-state index in [0.717, 1.165) is 23.4 Å². The molecule has 3 aromatic rings. The summed E-state index contributed by atoms with van der Waals surface area (Å²) in [5, 5.41) is 0.766. The Bertz CT molecular complexity index is 776. The zero-order valence-corrected chi connectivity index (χ0v) is 12.9. The Kier molecular flexibility index (Phi) is 3.39. The summed E-state index contributed by atoms with van der Waals surface area (Å²) in [6, 6.07) is 7.52. The minimum Gasteiger partial charge on any atom is -0.428 e. The molecule has 0 aliphatic carbocycles. The van der Waals surface area contributed by atoms with Crippen molar-refractivity contribution in [2.45, 2.75) is 24.5 Å². The Balaban J connectivity index is 1.92. The van der Waals surface area contributed by atoms with E-state index in [1.54, 1.807) is 12.3 Å². The highest BCUT2D eigenvalue weighted by Gasteiger charge is 2.25. The molecule has 1 fully saturated rings. The van der Waals surface area contributed by atoms with Gasteiger partial charge in [0.05, 0.1) is 5.25 Å². The highest BCUT2D eigenvalue weighted by atomic mass is 35.5. The first kappa shape index (κ1) is 13.2. The van der Waals surface area contributed by atoms with Gasteiger partial charge in [-0.2, -0.15) is 11.8 Å².